The molecule has 0 saturated heterocycles. The van der Waals surface area contributed by atoms with E-state index >= 15 is 0 Å². The molecule has 112 valence electrons. The van der Waals surface area contributed by atoms with Crippen molar-refractivity contribution >= 4 is 22.4 Å². The molecule has 22 heavy (non-hydrogen) atoms. The van der Waals surface area contributed by atoms with Crippen LogP contribution in [0.4, 0.5) is 8.78 Å². The molecule has 0 fully saturated rings. The maximum atomic E-state index is 14.3. The number of hydrogen-bond donors (Lipinski definition) is 1. The topological polar surface area (TPSA) is 29.5 Å². The lowest BCUT2D eigenvalue weighted by molar-refractivity contribution is 0.386. The molecule has 5 heteroatoms. The Morgan fingerprint density at radius 3 is 2.36 bits per heavy atom. The minimum Gasteiger partial charge on any atom is -0.506 e. The van der Waals surface area contributed by atoms with Gasteiger partial charge in [0, 0.05) is 5.39 Å². The van der Waals surface area contributed by atoms with E-state index in [0.717, 1.165) is 0 Å². The van der Waals surface area contributed by atoms with Gasteiger partial charge in [0.1, 0.15) is 11.6 Å². The van der Waals surface area contributed by atoms with Crippen LogP contribution in [0.1, 0.15) is 0 Å². The standard InChI is InChI=1S/C17H11ClF2O2/c1-22-15-5-3-9(7-12(15)19)11-6-10-2-4-14(21)17(18)16(10)13(20)8-11/h2-8,21H,1H3. The highest BCUT2D eigenvalue weighted by Crippen LogP contribution is 2.36. The number of benzene rings is 3. The molecule has 0 aliphatic heterocycles. The van der Waals surface area contributed by atoms with Gasteiger partial charge in [-0.1, -0.05) is 23.7 Å². The molecule has 0 saturated carbocycles. The Kier molecular flexibility index (Phi) is 3.62. The number of ether oxygens (including phenoxy) is 1. The number of hydrogen-bond acceptors (Lipinski definition) is 2. The van der Waals surface area contributed by atoms with Gasteiger partial charge < -0.3 is 9.84 Å². The van der Waals surface area contributed by atoms with Gasteiger partial charge in [-0.3, -0.25) is 0 Å². The summed E-state index contributed by atoms with van der Waals surface area (Å²) in [4.78, 5) is 0. The molecule has 3 aromatic rings. The number of phenolic OH excluding ortho intramolecular Hbond substituents is 1. The van der Waals surface area contributed by atoms with Crippen LogP contribution in [0.2, 0.25) is 5.02 Å². The average molecular weight is 321 g/mol. The van der Waals surface area contributed by atoms with E-state index in [0.29, 0.717) is 16.5 Å². The van der Waals surface area contributed by atoms with Gasteiger partial charge in [0.25, 0.3) is 0 Å². The zero-order valence-corrected chi connectivity index (χ0v) is 12.3. The molecule has 0 aliphatic carbocycles. The molecule has 0 spiro atoms. The quantitative estimate of drug-likeness (QED) is 0.707. The first-order chi connectivity index (χ1) is 10.5. The molecule has 0 amide bonds. The van der Waals surface area contributed by atoms with Crippen LogP contribution >= 0.6 is 11.6 Å². The molecule has 3 rings (SSSR count). The molecule has 1 N–H and O–H groups in total. The summed E-state index contributed by atoms with van der Waals surface area (Å²) in [5.74, 6) is -1.16. The van der Waals surface area contributed by atoms with Gasteiger partial charge in [-0.2, -0.15) is 0 Å². The number of halogens is 3. The lowest BCUT2D eigenvalue weighted by atomic mass is 10.00. The van der Waals surface area contributed by atoms with Crippen LogP contribution in [0, 0.1) is 11.6 Å². The van der Waals surface area contributed by atoms with Crippen molar-refractivity contribution < 1.29 is 18.6 Å². The lowest BCUT2D eigenvalue weighted by Crippen LogP contribution is -1.90. The number of rotatable bonds is 2. The number of fused-ring (bicyclic) bond motifs is 1. The largest absolute Gasteiger partial charge is 0.506 e. The van der Waals surface area contributed by atoms with Crippen LogP contribution in [-0.4, -0.2) is 12.2 Å². The van der Waals surface area contributed by atoms with Crippen LogP contribution in [0.15, 0.2) is 42.5 Å². The second kappa shape index (κ2) is 5.46. The molecule has 0 bridgehead atoms. The van der Waals surface area contributed by atoms with Gasteiger partial charge in [-0.15, -0.1) is 0 Å². The summed E-state index contributed by atoms with van der Waals surface area (Å²) in [6.45, 7) is 0. The van der Waals surface area contributed by atoms with Crippen LogP contribution in [0.3, 0.4) is 0 Å². The molecule has 0 aliphatic rings. The summed E-state index contributed by atoms with van der Waals surface area (Å²) >= 11 is 5.93. The number of aromatic hydroxyl groups is 1. The van der Waals surface area contributed by atoms with Crippen molar-refractivity contribution in [3.05, 3.63) is 59.1 Å². The summed E-state index contributed by atoms with van der Waals surface area (Å²) in [5, 5.41) is 10.2. The predicted octanol–water partition coefficient (Wildman–Crippen LogP) is 5.15. The zero-order valence-electron chi connectivity index (χ0n) is 11.5. The fourth-order valence-electron chi connectivity index (χ4n) is 2.37. The van der Waals surface area contributed by atoms with Gasteiger partial charge in [-0.05, 0) is 46.8 Å². The Morgan fingerprint density at radius 1 is 0.955 bits per heavy atom. The maximum Gasteiger partial charge on any atom is 0.165 e. The van der Waals surface area contributed by atoms with Gasteiger partial charge in [0.15, 0.2) is 11.6 Å². The van der Waals surface area contributed by atoms with E-state index in [1.54, 1.807) is 18.2 Å². The van der Waals surface area contributed by atoms with Crippen molar-refractivity contribution in [2.24, 2.45) is 0 Å². The average Bonchev–Trinajstić information content (AvgIpc) is 2.50. The van der Waals surface area contributed by atoms with E-state index in [2.05, 4.69) is 0 Å². The van der Waals surface area contributed by atoms with Crippen LogP contribution in [-0.2, 0) is 0 Å². The van der Waals surface area contributed by atoms with E-state index < -0.39 is 11.6 Å². The fraction of sp³-hybridized carbons (Fsp3) is 0.0588. The molecule has 3 aromatic carbocycles. The van der Waals surface area contributed by atoms with Crippen molar-refractivity contribution in [1.82, 2.24) is 0 Å². The first-order valence-corrected chi connectivity index (χ1v) is 6.83. The van der Waals surface area contributed by atoms with Gasteiger partial charge in [0.2, 0.25) is 0 Å². The first kappa shape index (κ1) is 14.6. The van der Waals surface area contributed by atoms with E-state index in [4.69, 9.17) is 16.3 Å². The third-order valence-corrected chi connectivity index (χ3v) is 3.85. The van der Waals surface area contributed by atoms with Crippen molar-refractivity contribution in [1.29, 1.82) is 0 Å². The molecule has 0 heterocycles. The molecule has 2 nitrogen and oxygen atoms in total. The summed E-state index contributed by atoms with van der Waals surface area (Å²) in [6.07, 6.45) is 0. The minimum atomic E-state index is -0.579. The molecule has 0 aromatic heterocycles. The van der Waals surface area contributed by atoms with Crippen LogP contribution in [0.25, 0.3) is 21.9 Å². The summed E-state index contributed by atoms with van der Waals surface area (Å²) in [5.41, 5.74) is 1.02. The Labute approximate surface area is 130 Å². The highest BCUT2D eigenvalue weighted by Gasteiger charge is 2.13. The highest BCUT2D eigenvalue weighted by atomic mass is 35.5. The van der Waals surface area contributed by atoms with Crippen LogP contribution < -0.4 is 4.74 Å². The smallest absolute Gasteiger partial charge is 0.165 e. The molecule has 0 unspecified atom stereocenters. The fourth-order valence-corrected chi connectivity index (χ4v) is 2.64. The second-order valence-corrected chi connectivity index (χ2v) is 5.18. The van der Waals surface area contributed by atoms with Crippen molar-refractivity contribution in [2.45, 2.75) is 0 Å². The minimum absolute atomic E-state index is 0.0394. The Bertz CT molecular complexity index is 878. The number of methoxy groups -OCH3 is 1. The maximum absolute atomic E-state index is 14.3. The number of phenols is 1. The molecular weight excluding hydrogens is 310 g/mol. The summed E-state index contributed by atoms with van der Waals surface area (Å²) < 4.78 is 33.0. The van der Waals surface area contributed by atoms with E-state index in [1.165, 1.54) is 31.4 Å². The molecule has 0 atom stereocenters. The van der Waals surface area contributed by atoms with Gasteiger partial charge >= 0.3 is 0 Å². The van der Waals surface area contributed by atoms with Crippen LogP contribution in [0.5, 0.6) is 11.5 Å². The highest BCUT2D eigenvalue weighted by molar-refractivity contribution is 6.37. The van der Waals surface area contributed by atoms with Gasteiger partial charge in [0.05, 0.1) is 12.1 Å². The van der Waals surface area contributed by atoms with E-state index in [9.17, 15) is 13.9 Å². The lowest BCUT2D eigenvalue weighted by Gasteiger charge is -2.09. The van der Waals surface area contributed by atoms with Crippen molar-refractivity contribution in [3.63, 3.8) is 0 Å². The predicted molar refractivity (Wildman–Crippen MR) is 82.5 cm³/mol. The first-order valence-electron chi connectivity index (χ1n) is 6.46. The third kappa shape index (κ3) is 2.35. The Morgan fingerprint density at radius 2 is 1.68 bits per heavy atom. The summed E-state index contributed by atoms with van der Waals surface area (Å²) in [7, 11) is 1.38. The third-order valence-electron chi connectivity index (χ3n) is 3.47. The van der Waals surface area contributed by atoms with Crippen molar-refractivity contribution in [3.8, 4) is 22.6 Å². The second-order valence-electron chi connectivity index (χ2n) is 4.80. The Hall–Kier alpha value is -2.33. The van der Waals surface area contributed by atoms with E-state index in [1.807, 2.05) is 0 Å². The summed E-state index contributed by atoms with van der Waals surface area (Å²) in [6, 6.07) is 10.3. The van der Waals surface area contributed by atoms with Gasteiger partial charge in [-0.25, -0.2) is 8.78 Å². The van der Waals surface area contributed by atoms with Crippen molar-refractivity contribution in [2.75, 3.05) is 7.11 Å². The zero-order chi connectivity index (χ0) is 15.9. The normalized spacial score (nSPS) is 10.9. The molecular formula is C17H11ClF2O2. The monoisotopic (exact) mass is 320 g/mol. The molecule has 0 radical (unpaired) electrons. The SMILES string of the molecule is COc1ccc(-c2cc(F)c3c(Cl)c(O)ccc3c2)cc1F. The van der Waals surface area contributed by atoms with E-state index in [-0.39, 0.29) is 21.9 Å². The Balaban J connectivity index is 2.21.